The third-order valence-electron chi connectivity index (χ3n) is 3.99. The van der Waals surface area contributed by atoms with Gasteiger partial charge < -0.3 is 10.1 Å². The van der Waals surface area contributed by atoms with Crippen LogP contribution in [0.5, 0.6) is 0 Å². The maximum absolute atomic E-state index is 13.0. The molecule has 26 heavy (non-hydrogen) atoms. The minimum atomic E-state index is -3.94. The highest BCUT2D eigenvalue weighted by Crippen LogP contribution is 2.34. The molecule has 1 aliphatic rings. The second-order valence-corrected chi connectivity index (χ2v) is 11.3. The van der Waals surface area contributed by atoms with Gasteiger partial charge in [0, 0.05) is 19.4 Å². The van der Waals surface area contributed by atoms with E-state index in [1.165, 1.54) is 12.1 Å². The average molecular weight is 417 g/mol. The monoisotopic (exact) mass is 416 g/mol. The van der Waals surface area contributed by atoms with Crippen LogP contribution in [0.1, 0.15) is 18.4 Å². The van der Waals surface area contributed by atoms with Gasteiger partial charge in [0.25, 0.3) is 0 Å². The first-order chi connectivity index (χ1) is 12.2. The predicted molar refractivity (Wildman–Crippen MR) is 99.3 cm³/mol. The highest BCUT2D eigenvalue weighted by Gasteiger charge is 2.29. The Hall–Kier alpha value is -1.49. The summed E-state index contributed by atoms with van der Waals surface area (Å²) in [6.07, 6.45) is 2.83. The van der Waals surface area contributed by atoms with Crippen molar-refractivity contribution in [3.05, 3.63) is 29.8 Å². The number of rotatable bonds is 6. The van der Waals surface area contributed by atoms with Crippen LogP contribution in [0.2, 0.25) is 0 Å². The number of ether oxygens (including phenoxy) is 1. The normalized spacial score (nSPS) is 18.2. The van der Waals surface area contributed by atoms with Crippen molar-refractivity contribution in [2.75, 3.05) is 24.7 Å². The topological polar surface area (TPSA) is 102 Å². The van der Waals surface area contributed by atoms with Crippen LogP contribution in [0.3, 0.4) is 0 Å². The number of nitrogens with zero attached hydrogens (tertiary/aromatic N) is 1. The van der Waals surface area contributed by atoms with Crippen molar-refractivity contribution in [1.29, 1.82) is 0 Å². The molecule has 0 aliphatic carbocycles. The Balaban J connectivity index is 2.00. The van der Waals surface area contributed by atoms with E-state index in [4.69, 9.17) is 4.74 Å². The van der Waals surface area contributed by atoms with Crippen LogP contribution in [-0.4, -0.2) is 47.3 Å². The molecule has 2 heterocycles. The number of hydrogen-bond acceptors (Lipinski definition) is 8. The number of aryl methyl sites for hydroxylation is 1. The van der Waals surface area contributed by atoms with E-state index in [1.54, 1.807) is 12.1 Å². The van der Waals surface area contributed by atoms with Gasteiger partial charge in [-0.05, 0) is 31.9 Å². The fourth-order valence-electron chi connectivity index (χ4n) is 2.58. The minimum absolute atomic E-state index is 0.0197. The molecule has 10 heteroatoms. The van der Waals surface area contributed by atoms with E-state index < -0.39 is 19.7 Å². The molecular formula is C16H20N2O5S3. The van der Waals surface area contributed by atoms with Crippen molar-refractivity contribution in [1.82, 2.24) is 4.98 Å². The van der Waals surface area contributed by atoms with Crippen LogP contribution < -0.4 is 5.32 Å². The van der Waals surface area contributed by atoms with Crippen LogP contribution in [0.4, 0.5) is 5.00 Å². The smallest absolute Gasteiger partial charge is 0.226 e. The summed E-state index contributed by atoms with van der Waals surface area (Å²) in [5.74, 6) is 0. The molecule has 0 unspecified atom stereocenters. The lowest BCUT2D eigenvalue weighted by molar-refractivity contribution is 0.120. The zero-order valence-corrected chi connectivity index (χ0v) is 16.9. The van der Waals surface area contributed by atoms with Gasteiger partial charge in [0.1, 0.15) is 5.00 Å². The average Bonchev–Trinajstić information content (AvgIpc) is 3.22. The molecule has 0 radical (unpaired) electrons. The van der Waals surface area contributed by atoms with Crippen LogP contribution in [0.15, 0.2) is 38.5 Å². The molecule has 1 atom stereocenters. The lowest BCUT2D eigenvalue weighted by Crippen LogP contribution is -2.19. The molecule has 0 saturated carbocycles. The Morgan fingerprint density at radius 3 is 2.50 bits per heavy atom. The summed E-state index contributed by atoms with van der Waals surface area (Å²) in [4.78, 5) is 4.01. The number of benzene rings is 1. The number of sulfone groups is 2. The summed E-state index contributed by atoms with van der Waals surface area (Å²) in [5, 5.41) is 2.99. The first kappa shape index (κ1) is 19.3. The molecule has 0 bridgehead atoms. The van der Waals surface area contributed by atoms with Crippen LogP contribution in [-0.2, 0) is 24.4 Å². The van der Waals surface area contributed by atoms with Crippen molar-refractivity contribution in [2.45, 2.75) is 40.1 Å². The molecule has 1 aromatic carbocycles. The van der Waals surface area contributed by atoms with Crippen LogP contribution in [0, 0.1) is 6.92 Å². The zero-order chi connectivity index (χ0) is 18.9. The second-order valence-electron chi connectivity index (χ2n) is 6.22. The Kier molecular flexibility index (Phi) is 5.38. The van der Waals surface area contributed by atoms with E-state index in [0.717, 1.165) is 36.0 Å². The SMILES string of the molecule is Cc1ccc(S(=O)(=O)c2nc(S(C)(=O)=O)sc2NC[C@@H]2CCCO2)cc1. The largest absolute Gasteiger partial charge is 0.376 e. The molecule has 0 amide bonds. The molecule has 1 aliphatic heterocycles. The summed E-state index contributed by atoms with van der Waals surface area (Å²) in [7, 11) is -7.56. The van der Waals surface area contributed by atoms with Crippen LogP contribution >= 0.6 is 11.3 Å². The van der Waals surface area contributed by atoms with E-state index in [-0.39, 0.29) is 25.4 Å². The Labute approximate surface area is 157 Å². The Morgan fingerprint density at radius 1 is 1.23 bits per heavy atom. The van der Waals surface area contributed by atoms with Gasteiger partial charge in [-0.1, -0.05) is 29.0 Å². The fourth-order valence-corrected chi connectivity index (χ4v) is 6.11. The standard InChI is InChI=1S/C16H20N2O5S3/c1-11-5-7-13(8-6-11)26(21,22)15-14(17-10-12-4-3-9-23-12)24-16(18-15)25(2,19)20/h5-8,12,17H,3-4,9-10H2,1-2H3/t12-/m0/s1. The first-order valence-corrected chi connectivity index (χ1v) is 12.2. The molecule has 1 saturated heterocycles. The number of aromatic nitrogens is 1. The summed E-state index contributed by atoms with van der Waals surface area (Å²) < 4.78 is 55.0. The van der Waals surface area contributed by atoms with Crippen molar-refractivity contribution in [3.8, 4) is 0 Å². The number of nitrogens with one attached hydrogen (secondary N) is 1. The molecule has 142 valence electrons. The van der Waals surface area contributed by atoms with E-state index in [0.29, 0.717) is 13.2 Å². The van der Waals surface area contributed by atoms with Gasteiger partial charge in [0.05, 0.1) is 11.0 Å². The predicted octanol–water partition coefficient (Wildman–Crippen LogP) is 2.28. The zero-order valence-electron chi connectivity index (χ0n) is 14.4. The summed E-state index contributed by atoms with van der Waals surface area (Å²) in [6.45, 7) is 2.94. The van der Waals surface area contributed by atoms with Crippen molar-refractivity contribution in [3.63, 3.8) is 0 Å². The number of hydrogen-bond donors (Lipinski definition) is 1. The highest BCUT2D eigenvalue weighted by atomic mass is 32.2. The first-order valence-electron chi connectivity index (χ1n) is 8.06. The van der Waals surface area contributed by atoms with Gasteiger partial charge in [0.2, 0.25) is 24.0 Å². The van der Waals surface area contributed by atoms with E-state index in [1.807, 2.05) is 6.92 Å². The maximum Gasteiger partial charge on any atom is 0.226 e. The van der Waals surface area contributed by atoms with Crippen molar-refractivity contribution < 1.29 is 21.6 Å². The number of anilines is 1. The highest BCUT2D eigenvalue weighted by molar-refractivity contribution is 7.93. The van der Waals surface area contributed by atoms with Crippen molar-refractivity contribution >= 4 is 36.0 Å². The van der Waals surface area contributed by atoms with Gasteiger partial charge in [0.15, 0.2) is 5.03 Å². The van der Waals surface area contributed by atoms with E-state index >= 15 is 0 Å². The van der Waals surface area contributed by atoms with E-state index in [2.05, 4.69) is 10.3 Å². The molecule has 3 rings (SSSR count). The fraction of sp³-hybridized carbons (Fsp3) is 0.438. The number of thiazole rings is 1. The maximum atomic E-state index is 13.0. The summed E-state index contributed by atoms with van der Waals surface area (Å²) >= 11 is 0.830. The Morgan fingerprint density at radius 2 is 1.92 bits per heavy atom. The van der Waals surface area contributed by atoms with Gasteiger partial charge >= 0.3 is 0 Å². The van der Waals surface area contributed by atoms with E-state index in [9.17, 15) is 16.8 Å². The molecule has 2 aromatic rings. The lowest BCUT2D eigenvalue weighted by atomic mass is 10.2. The molecule has 1 N–H and O–H groups in total. The van der Waals surface area contributed by atoms with Gasteiger partial charge in [-0.15, -0.1) is 0 Å². The van der Waals surface area contributed by atoms with Crippen molar-refractivity contribution in [2.24, 2.45) is 0 Å². The Bertz CT molecular complexity index is 989. The lowest BCUT2D eigenvalue weighted by Gasteiger charge is -2.11. The third-order valence-corrected chi connectivity index (χ3v) is 8.51. The molecule has 1 fully saturated rings. The summed E-state index contributed by atoms with van der Waals surface area (Å²) in [6, 6.07) is 6.37. The molecule has 0 spiro atoms. The van der Waals surface area contributed by atoms with Crippen LogP contribution in [0.25, 0.3) is 0 Å². The van der Waals surface area contributed by atoms with Gasteiger partial charge in [-0.2, -0.15) is 0 Å². The van der Waals surface area contributed by atoms with Gasteiger partial charge in [-0.25, -0.2) is 21.8 Å². The molecule has 7 nitrogen and oxygen atoms in total. The third kappa shape index (κ3) is 4.08. The second kappa shape index (κ2) is 7.26. The molecule has 1 aromatic heterocycles. The summed E-state index contributed by atoms with van der Waals surface area (Å²) in [5.41, 5.74) is 0.927. The minimum Gasteiger partial charge on any atom is -0.376 e. The molecular weight excluding hydrogens is 396 g/mol. The quantitative estimate of drug-likeness (QED) is 0.770. The van der Waals surface area contributed by atoms with Gasteiger partial charge in [-0.3, -0.25) is 0 Å².